The van der Waals surface area contributed by atoms with Gasteiger partial charge in [-0.25, -0.2) is 0 Å². The van der Waals surface area contributed by atoms with E-state index >= 15 is 0 Å². The SMILES string of the molecule is Cc1cc(C)n(Cc2cccc(C(=O)NCC(=O)NC(C)(C)C)c2)n1. The van der Waals surface area contributed by atoms with Gasteiger partial charge in [0, 0.05) is 16.8 Å². The Morgan fingerprint density at radius 3 is 2.48 bits per heavy atom. The van der Waals surface area contributed by atoms with Gasteiger partial charge in [-0.3, -0.25) is 14.3 Å². The predicted molar refractivity (Wildman–Crippen MR) is 97.5 cm³/mol. The molecule has 0 saturated heterocycles. The zero-order chi connectivity index (χ0) is 18.6. The minimum atomic E-state index is -0.318. The summed E-state index contributed by atoms with van der Waals surface area (Å²) in [4.78, 5) is 24.1. The van der Waals surface area contributed by atoms with Crippen molar-refractivity contribution in [1.82, 2.24) is 20.4 Å². The molecular weight excluding hydrogens is 316 g/mol. The van der Waals surface area contributed by atoms with Crippen LogP contribution in [0.4, 0.5) is 0 Å². The summed E-state index contributed by atoms with van der Waals surface area (Å²) in [6.45, 7) is 10.2. The molecule has 0 radical (unpaired) electrons. The number of aromatic nitrogens is 2. The lowest BCUT2D eigenvalue weighted by atomic mass is 10.1. The van der Waals surface area contributed by atoms with Crippen LogP contribution in [0.2, 0.25) is 0 Å². The third-order valence-corrected chi connectivity index (χ3v) is 3.55. The molecule has 1 heterocycles. The van der Waals surface area contributed by atoms with Crippen molar-refractivity contribution >= 4 is 11.8 Å². The quantitative estimate of drug-likeness (QED) is 0.874. The monoisotopic (exact) mass is 342 g/mol. The minimum absolute atomic E-state index is 0.0439. The van der Waals surface area contributed by atoms with E-state index < -0.39 is 0 Å². The molecule has 0 bridgehead atoms. The number of hydrogen-bond donors (Lipinski definition) is 2. The Morgan fingerprint density at radius 1 is 1.16 bits per heavy atom. The number of rotatable bonds is 5. The topological polar surface area (TPSA) is 76.0 Å². The Morgan fingerprint density at radius 2 is 1.88 bits per heavy atom. The highest BCUT2D eigenvalue weighted by Crippen LogP contribution is 2.10. The summed E-state index contributed by atoms with van der Waals surface area (Å²) in [5, 5.41) is 9.90. The first-order valence-corrected chi connectivity index (χ1v) is 8.33. The molecule has 2 N–H and O–H groups in total. The van der Waals surface area contributed by atoms with Crippen molar-refractivity contribution < 1.29 is 9.59 Å². The van der Waals surface area contributed by atoms with Crippen LogP contribution in [0.25, 0.3) is 0 Å². The predicted octanol–water partition coefficient (Wildman–Crippen LogP) is 2.19. The van der Waals surface area contributed by atoms with Gasteiger partial charge in [0.05, 0.1) is 18.8 Å². The van der Waals surface area contributed by atoms with Gasteiger partial charge in [0.1, 0.15) is 0 Å². The minimum Gasteiger partial charge on any atom is -0.350 e. The number of aryl methyl sites for hydroxylation is 2. The summed E-state index contributed by atoms with van der Waals surface area (Å²) < 4.78 is 1.91. The molecule has 2 rings (SSSR count). The number of hydrogen-bond acceptors (Lipinski definition) is 3. The van der Waals surface area contributed by atoms with E-state index in [1.54, 1.807) is 6.07 Å². The summed E-state index contributed by atoms with van der Waals surface area (Å²) in [6, 6.07) is 9.38. The molecule has 0 aliphatic rings. The molecule has 0 fully saturated rings. The Balaban J connectivity index is 1.99. The van der Waals surface area contributed by atoms with Gasteiger partial charge in [0.15, 0.2) is 0 Å². The maximum Gasteiger partial charge on any atom is 0.251 e. The Kier molecular flexibility index (Phi) is 5.62. The first-order chi connectivity index (χ1) is 11.6. The second-order valence-electron chi connectivity index (χ2n) is 7.27. The second-order valence-corrected chi connectivity index (χ2v) is 7.27. The first kappa shape index (κ1) is 18.7. The summed E-state index contributed by atoms with van der Waals surface area (Å²) >= 11 is 0. The van der Waals surface area contributed by atoms with Crippen LogP contribution in [0.1, 0.15) is 48.1 Å². The lowest BCUT2D eigenvalue weighted by molar-refractivity contribution is -0.121. The highest BCUT2D eigenvalue weighted by Gasteiger charge is 2.15. The van der Waals surface area contributed by atoms with Crippen molar-refractivity contribution in [3.05, 3.63) is 52.8 Å². The molecule has 6 heteroatoms. The highest BCUT2D eigenvalue weighted by molar-refractivity contribution is 5.96. The zero-order valence-electron chi connectivity index (χ0n) is 15.5. The van der Waals surface area contributed by atoms with E-state index in [1.165, 1.54) is 0 Å². The lowest BCUT2D eigenvalue weighted by Gasteiger charge is -2.20. The van der Waals surface area contributed by atoms with E-state index in [1.807, 2.05) is 63.6 Å². The number of benzene rings is 1. The van der Waals surface area contributed by atoms with E-state index in [0.29, 0.717) is 12.1 Å². The molecule has 25 heavy (non-hydrogen) atoms. The standard InChI is InChI=1S/C19H26N4O2/c1-13-9-14(2)23(22-13)12-15-7-6-8-16(10-15)18(25)20-11-17(24)21-19(3,4)5/h6-10H,11-12H2,1-5H3,(H,20,25)(H,21,24). The fourth-order valence-electron chi connectivity index (χ4n) is 2.54. The number of carbonyl (C=O) groups is 2. The van der Waals surface area contributed by atoms with Crippen LogP contribution in [0.15, 0.2) is 30.3 Å². The van der Waals surface area contributed by atoms with Gasteiger partial charge in [0.25, 0.3) is 5.91 Å². The van der Waals surface area contributed by atoms with E-state index in [-0.39, 0.29) is 23.9 Å². The molecule has 1 aromatic heterocycles. The third-order valence-electron chi connectivity index (χ3n) is 3.55. The average Bonchev–Trinajstić information content (AvgIpc) is 2.81. The third kappa shape index (κ3) is 5.74. The Bertz CT molecular complexity index is 772. The molecule has 2 amide bonds. The fourth-order valence-corrected chi connectivity index (χ4v) is 2.54. The van der Waals surface area contributed by atoms with Gasteiger partial charge in [-0.15, -0.1) is 0 Å². The van der Waals surface area contributed by atoms with Crippen LogP contribution >= 0.6 is 0 Å². The molecule has 2 aromatic rings. The normalized spacial score (nSPS) is 11.2. The van der Waals surface area contributed by atoms with E-state index in [4.69, 9.17) is 0 Å². The molecule has 0 spiro atoms. The van der Waals surface area contributed by atoms with Crippen molar-refractivity contribution in [3.8, 4) is 0 Å². The number of nitrogens with zero attached hydrogens (tertiary/aromatic N) is 2. The molecule has 0 aliphatic heterocycles. The van der Waals surface area contributed by atoms with Crippen LogP contribution in [0.5, 0.6) is 0 Å². The molecule has 6 nitrogen and oxygen atoms in total. The van der Waals surface area contributed by atoms with Gasteiger partial charge in [-0.2, -0.15) is 5.10 Å². The fraction of sp³-hybridized carbons (Fsp3) is 0.421. The van der Waals surface area contributed by atoms with E-state index in [0.717, 1.165) is 17.0 Å². The van der Waals surface area contributed by atoms with Gasteiger partial charge < -0.3 is 10.6 Å². The molecule has 0 unspecified atom stereocenters. The van der Waals surface area contributed by atoms with Crippen LogP contribution in [0.3, 0.4) is 0 Å². The van der Waals surface area contributed by atoms with Gasteiger partial charge in [-0.1, -0.05) is 12.1 Å². The molecular formula is C19H26N4O2. The first-order valence-electron chi connectivity index (χ1n) is 8.33. The number of carbonyl (C=O) groups excluding carboxylic acids is 2. The smallest absolute Gasteiger partial charge is 0.251 e. The maximum atomic E-state index is 12.3. The summed E-state index contributed by atoms with van der Waals surface area (Å²) in [6.07, 6.45) is 0. The Labute approximate surface area is 148 Å². The summed E-state index contributed by atoms with van der Waals surface area (Å²) in [5.41, 5.74) is 3.24. The van der Waals surface area contributed by atoms with Crippen molar-refractivity contribution in [3.63, 3.8) is 0 Å². The molecule has 134 valence electrons. The van der Waals surface area contributed by atoms with Gasteiger partial charge in [-0.05, 0) is 58.4 Å². The summed E-state index contributed by atoms with van der Waals surface area (Å²) in [5.74, 6) is -0.473. The van der Waals surface area contributed by atoms with Crippen molar-refractivity contribution in [2.45, 2.75) is 46.7 Å². The zero-order valence-corrected chi connectivity index (χ0v) is 15.5. The average molecular weight is 342 g/mol. The van der Waals surface area contributed by atoms with Crippen molar-refractivity contribution in [1.29, 1.82) is 0 Å². The molecule has 0 aliphatic carbocycles. The second kappa shape index (κ2) is 7.51. The number of nitrogens with one attached hydrogen (secondary N) is 2. The van der Waals surface area contributed by atoms with E-state index in [9.17, 15) is 9.59 Å². The number of amides is 2. The highest BCUT2D eigenvalue weighted by atomic mass is 16.2. The molecule has 0 atom stereocenters. The largest absolute Gasteiger partial charge is 0.350 e. The lowest BCUT2D eigenvalue weighted by Crippen LogP contribution is -2.45. The Hall–Kier alpha value is -2.63. The van der Waals surface area contributed by atoms with Crippen LogP contribution in [-0.4, -0.2) is 33.7 Å². The van der Waals surface area contributed by atoms with Crippen LogP contribution < -0.4 is 10.6 Å². The van der Waals surface area contributed by atoms with Gasteiger partial charge in [0.2, 0.25) is 5.91 Å². The van der Waals surface area contributed by atoms with Crippen LogP contribution in [-0.2, 0) is 11.3 Å². The van der Waals surface area contributed by atoms with Crippen LogP contribution in [0, 0.1) is 13.8 Å². The van der Waals surface area contributed by atoms with Crippen molar-refractivity contribution in [2.75, 3.05) is 6.54 Å². The van der Waals surface area contributed by atoms with Gasteiger partial charge >= 0.3 is 0 Å². The molecule has 1 aromatic carbocycles. The van der Waals surface area contributed by atoms with Crippen molar-refractivity contribution in [2.24, 2.45) is 0 Å². The molecule has 0 saturated carbocycles. The van der Waals surface area contributed by atoms with E-state index in [2.05, 4.69) is 15.7 Å². The summed E-state index contributed by atoms with van der Waals surface area (Å²) in [7, 11) is 0. The maximum absolute atomic E-state index is 12.3.